The first kappa shape index (κ1) is 14.4. The largest absolute Gasteiger partial charge is 0.336 e. The Morgan fingerprint density at radius 2 is 2.26 bits per heavy atom. The van der Waals surface area contributed by atoms with Crippen molar-refractivity contribution in [3.63, 3.8) is 0 Å². The van der Waals surface area contributed by atoms with Crippen molar-refractivity contribution in [2.75, 3.05) is 13.1 Å². The molecule has 0 radical (unpaired) electrons. The molecule has 0 bridgehead atoms. The van der Waals surface area contributed by atoms with Crippen LogP contribution in [0.1, 0.15) is 41.6 Å². The highest BCUT2D eigenvalue weighted by Gasteiger charge is 2.28. The first-order valence-electron chi connectivity index (χ1n) is 6.91. The summed E-state index contributed by atoms with van der Waals surface area (Å²) < 4.78 is 0. The molecule has 1 aromatic rings. The fraction of sp³-hybridized carbons (Fsp3) is 0.533. The number of nitrogens with zero attached hydrogens (tertiary/aromatic N) is 1. The summed E-state index contributed by atoms with van der Waals surface area (Å²) >= 11 is 6.26. The SMILES string of the molecule is Cc1cccc(C(=O)N2CCCCC2CCN)c1Cl. The molecule has 2 N–H and O–H groups in total. The lowest BCUT2D eigenvalue weighted by molar-refractivity contribution is 0.0605. The van der Waals surface area contributed by atoms with Crippen LogP contribution < -0.4 is 5.73 Å². The van der Waals surface area contributed by atoms with Crippen LogP contribution in [0.25, 0.3) is 0 Å². The van der Waals surface area contributed by atoms with E-state index < -0.39 is 0 Å². The van der Waals surface area contributed by atoms with Gasteiger partial charge >= 0.3 is 0 Å². The zero-order chi connectivity index (χ0) is 13.8. The van der Waals surface area contributed by atoms with E-state index in [-0.39, 0.29) is 11.9 Å². The molecule has 19 heavy (non-hydrogen) atoms. The van der Waals surface area contributed by atoms with Gasteiger partial charge in [0.15, 0.2) is 0 Å². The van der Waals surface area contributed by atoms with E-state index in [9.17, 15) is 4.79 Å². The summed E-state index contributed by atoms with van der Waals surface area (Å²) in [6.07, 6.45) is 4.16. The summed E-state index contributed by atoms with van der Waals surface area (Å²) in [4.78, 5) is 14.6. The Hall–Kier alpha value is -1.06. The number of likely N-dealkylation sites (tertiary alicyclic amines) is 1. The Bertz CT molecular complexity index is 459. The van der Waals surface area contributed by atoms with Crippen LogP contribution in [-0.4, -0.2) is 29.9 Å². The minimum Gasteiger partial charge on any atom is -0.336 e. The van der Waals surface area contributed by atoms with E-state index in [0.717, 1.165) is 31.4 Å². The molecule has 0 aliphatic carbocycles. The molecule has 0 aromatic heterocycles. The monoisotopic (exact) mass is 280 g/mol. The Kier molecular flexibility index (Phi) is 4.83. The van der Waals surface area contributed by atoms with Crippen molar-refractivity contribution in [2.24, 2.45) is 5.73 Å². The Labute approximate surface area is 119 Å². The zero-order valence-electron chi connectivity index (χ0n) is 11.4. The minimum atomic E-state index is 0.0480. The standard InChI is InChI=1S/C15H21ClN2O/c1-11-5-4-7-13(14(11)16)15(19)18-10-3-2-6-12(18)8-9-17/h4-5,7,12H,2-3,6,8-10,17H2,1H3. The molecule has 1 heterocycles. The number of rotatable bonds is 3. The lowest BCUT2D eigenvalue weighted by atomic mass is 9.98. The summed E-state index contributed by atoms with van der Waals surface area (Å²) in [5.74, 6) is 0.0480. The van der Waals surface area contributed by atoms with E-state index in [1.165, 1.54) is 6.42 Å². The van der Waals surface area contributed by atoms with Gasteiger partial charge in [-0.25, -0.2) is 0 Å². The molecule has 0 saturated carbocycles. The normalized spacial score (nSPS) is 19.5. The van der Waals surface area contributed by atoms with Gasteiger partial charge in [0.05, 0.1) is 10.6 Å². The Morgan fingerprint density at radius 3 is 3.00 bits per heavy atom. The van der Waals surface area contributed by atoms with Crippen molar-refractivity contribution >= 4 is 17.5 Å². The number of benzene rings is 1. The van der Waals surface area contributed by atoms with Crippen LogP contribution in [0.4, 0.5) is 0 Å². The summed E-state index contributed by atoms with van der Waals surface area (Å²) in [5, 5.41) is 0.574. The van der Waals surface area contributed by atoms with Crippen LogP contribution in [0.15, 0.2) is 18.2 Å². The van der Waals surface area contributed by atoms with Gasteiger partial charge in [-0.3, -0.25) is 4.79 Å². The zero-order valence-corrected chi connectivity index (χ0v) is 12.1. The summed E-state index contributed by atoms with van der Waals surface area (Å²) in [5.41, 5.74) is 7.21. The number of carbonyl (C=O) groups excluding carboxylic acids is 1. The second-order valence-electron chi connectivity index (χ2n) is 5.16. The van der Waals surface area contributed by atoms with Crippen molar-refractivity contribution < 1.29 is 4.79 Å². The number of amides is 1. The molecular formula is C15H21ClN2O. The van der Waals surface area contributed by atoms with Gasteiger partial charge < -0.3 is 10.6 Å². The number of hydrogen-bond donors (Lipinski definition) is 1. The number of piperidine rings is 1. The third-order valence-corrected chi connectivity index (χ3v) is 4.31. The molecule has 1 aliphatic rings. The van der Waals surface area contributed by atoms with E-state index in [0.29, 0.717) is 17.1 Å². The van der Waals surface area contributed by atoms with Gasteiger partial charge in [0, 0.05) is 12.6 Å². The number of halogens is 1. The second-order valence-corrected chi connectivity index (χ2v) is 5.54. The highest BCUT2D eigenvalue weighted by atomic mass is 35.5. The molecule has 0 spiro atoms. The smallest absolute Gasteiger partial charge is 0.255 e. The first-order chi connectivity index (χ1) is 9.15. The van der Waals surface area contributed by atoms with Gasteiger partial charge in [0.25, 0.3) is 5.91 Å². The van der Waals surface area contributed by atoms with Gasteiger partial charge in [0.2, 0.25) is 0 Å². The highest BCUT2D eigenvalue weighted by molar-refractivity contribution is 6.34. The molecule has 1 fully saturated rings. The topological polar surface area (TPSA) is 46.3 Å². The van der Waals surface area contributed by atoms with Gasteiger partial charge in [-0.05, 0) is 50.8 Å². The maximum absolute atomic E-state index is 12.7. The van der Waals surface area contributed by atoms with E-state index in [2.05, 4.69) is 0 Å². The number of nitrogens with two attached hydrogens (primary N) is 1. The fourth-order valence-corrected chi connectivity index (χ4v) is 2.93. The Balaban J connectivity index is 2.23. The molecule has 1 aromatic carbocycles. The van der Waals surface area contributed by atoms with Crippen molar-refractivity contribution in [1.82, 2.24) is 4.90 Å². The third kappa shape index (κ3) is 3.10. The molecule has 1 saturated heterocycles. The summed E-state index contributed by atoms with van der Waals surface area (Å²) in [6, 6.07) is 5.89. The molecular weight excluding hydrogens is 260 g/mol. The van der Waals surface area contributed by atoms with Crippen molar-refractivity contribution in [2.45, 2.75) is 38.6 Å². The molecule has 2 rings (SSSR count). The lowest BCUT2D eigenvalue weighted by Gasteiger charge is -2.36. The van der Waals surface area contributed by atoms with E-state index in [1.54, 1.807) is 0 Å². The quantitative estimate of drug-likeness (QED) is 0.925. The summed E-state index contributed by atoms with van der Waals surface area (Å²) in [7, 11) is 0. The van der Waals surface area contributed by atoms with Gasteiger partial charge in [-0.1, -0.05) is 23.7 Å². The maximum Gasteiger partial charge on any atom is 0.255 e. The van der Waals surface area contributed by atoms with Crippen LogP contribution in [0, 0.1) is 6.92 Å². The van der Waals surface area contributed by atoms with Crippen LogP contribution in [0.2, 0.25) is 5.02 Å². The predicted octanol–water partition coefficient (Wildman–Crippen LogP) is 2.99. The molecule has 1 amide bonds. The van der Waals surface area contributed by atoms with Gasteiger partial charge in [0.1, 0.15) is 0 Å². The first-order valence-corrected chi connectivity index (χ1v) is 7.29. The van der Waals surface area contributed by atoms with Gasteiger partial charge in [-0.2, -0.15) is 0 Å². The molecule has 4 heteroatoms. The molecule has 1 atom stereocenters. The molecule has 1 aliphatic heterocycles. The molecule has 3 nitrogen and oxygen atoms in total. The van der Waals surface area contributed by atoms with Crippen LogP contribution in [0.5, 0.6) is 0 Å². The maximum atomic E-state index is 12.7. The predicted molar refractivity (Wildman–Crippen MR) is 78.5 cm³/mol. The van der Waals surface area contributed by atoms with Crippen molar-refractivity contribution in [3.8, 4) is 0 Å². The minimum absolute atomic E-state index is 0.0480. The number of carbonyl (C=O) groups is 1. The molecule has 1 unspecified atom stereocenters. The van der Waals surface area contributed by atoms with Crippen molar-refractivity contribution in [3.05, 3.63) is 34.3 Å². The number of hydrogen-bond acceptors (Lipinski definition) is 2. The van der Waals surface area contributed by atoms with Crippen LogP contribution in [0.3, 0.4) is 0 Å². The van der Waals surface area contributed by atoms with E-state index in [1.807, 2.05) is 30.0 Å². The van der Waals surface area contributed by atoms with Crippen molar-refractivity contribution in [1.29, 1.82) is 0 Å². The number of aryl methyl sites for hydroxylation is 1. The second kappa shape index (κ2) is 6.40. The van der Waals surface area contributed by atoms with Crippen LogP contribution in [-0.2, 0) is 0 Å². The highest BCUT2D eigenvalue weighted by Crippen LogP contribution is 2.26. The lowest BCUT2D eigenvalue weighted by Crippen LogP contribution is -2.44. The Morgan fingerprint density at radius 1 is 1.47 bits per heavy atom. The average molecular weight is 281 g/mol. The third-order valence-electron chi connectivity index (χ3n) is 3.81. The molecule has 104 valence electrons. The van der Waals surface area contributed by atoms with E-state index in [4.69, 9.17) is 17.3 Å². The summed E-state index contributed by atoms with van der Waals surface area (Å²) in [6.45, 7) is 3.36. The van der Waals surface area contributed by atoms with Crippen LogP contribution >= 0.6 is 11.6 Å². The average Bonchev–Trinajstić information content (AvgIpc) is 2.42. The fourth-order valence-electron chi connectivity index (χ4n) is 2.73. The van der Waals surface area contributed by atoms with E-state index >= 15 is 0 Å². The van der Waals surface area contributed by atoms with Gasteiger partial charge in [-0.15, -0.1) is 0 Å².